The molecule has 1 saturated carbocycles. The molecule has 2 aliphatic heterocycles. The van der Waals surface area contributed by atoms with Gasteiger partial charge in [-0.25, -0.2) is 0 Å². The van der Waals surface area contributed by atoms with Crippen LogP contribution in [-0.4, -0.2) is 41.8 Å². The third-order valence-corrected chi connectivity index (χ3v) is 6.81. The maximum Gasteiger partial charge on any atom is 0.243 e. The molecule has 162 valence electrons. The first kappa shape index (κ1) is 20.9. The fourth-order valence-corrected chi connectivity index (χ4v) is 5.11. The summed E-state index contributed by atoms with van der Waals surface area (Å²) in [7, 11) is 0. The number of benzene rings is 1. The van der Waals surface area contributed by atoms with Gasteiger partial charge < -0.3 is 15.1 Å². The minimum Gasteiger partial charge on any atom is -0.350 e. The molecular weight excluding hydrogens is 378 g/mol. The van der Waals surface area contributed by atoms with E-state index >= 15 is 0 Å². The Kier molecular flexibility index (Phi) is 6.70. The van der Waals surface area contributed by atoms with Gasteiger partial charge in [-0.1, -0.05) is 31.4 Å². The Morgan fingerprint density at radius 2 is 1.80 bits per heavy atom. The van der Waals surface area contributed by atoms with Crippen LogP contribution in [0, 0.1) is 5.92 Å². The lowest BCUT2D eigenvalue weighted by atomic mass is 9.88. The van der Waals surface area contributed by atoms with Gasteiger partial charge in [-0.2, -0.15) is 0 Å². The lowest BCUT2D eigenvalue weighted by Crippen LogP contribution is -2.48. The molecule has 4 rings (SSSR count). The van der Waals surface area contributed by atoms with Crippen molar-refractivity contribution >= 4 is 23.4 Å². The van der Waals surface area contributed by atoms with Crippen molar-refractivity contribution in [1.29, 1.82) is 0 Å². The minimum absolute atomic E-state index is 0.0592. The van der Waals surface area contributed by atoms with Gasteiger partial charge in [0.05, 0.1) is 0 Å². The normalized spacial score (nSPS) is 22.9. The number of carbonyl (C=O) groups excluding carboxylic acids is 3. The number of hydrogen-bond donors (Lipinski definition) is 1. The summed E-state index contributed by atoms with van der Waals surface area (Å²) in [5.74, 6) is 0.394. The van der Waals surface area contributed by atoms with Crippen LogP contribution in [0.3, 0.4) is 0 Å². The highest BCUT2D eigenvalue weighted by Crippen LogP contribution is 2.29. The van der Waals surface area contributed by atoms with Gasteiger partial charge in [0.1, 0.15) is 6.04 Å². The molecule has 2 saturated heterocycles. The van der Waals surface area contributed by atoms with Gasteiger partial charge in [0, 0.05) is 37.7 Å². The summed E-state index contributed by atoms with van der Waals surface area (Å²) < 4.78 is 0. The molecule has 1 atom stereocenters. The summed E-state index contributed by atoms with van der Waals surface area (Å²) >= 11 is 0. The molecule has 0 radical (unpaired) electrons. The summed E-state index contributed by atoms with van der Waals surface area (Å²) in [6.07, 6.45) is 9.62. The van der Waals surface area contributed by atoms with E-state index in [1.807, 2.05) is 34.1 Å². The lowest BCUT2D eigenvalue weighted by Gasteiger charge is -2.30. The van der Waals surface area contributed by atoms with Crippen LogP contribution in [0.2, 0.25) is 0 Å². The van der Waals surface area contributed by atoms with E-state index in [2.05, 4.69) is 5.32 Å². The van der Waals surface area contributed by atoms with Gasteiger partial charge in [0.25, 0.3) is 0 Å². The molecule has 0 spiro atoms. The molecule has 6 nitrogen and oxygen atoms in total. The molecule has 1 aromatic carbocycles. The van der Waals surface area contributed by atoms with Crippen molar-refractivity contribution in [2.45, 2.75) is 76.8 Å². The molecule has 6 heteroatoms. The average Bonchev–Trinajstić information content (AvgIpc) is 3.28. The van der Waals surface area contributed by atoms with Crippen LogP contribution >= 0.6 is 0 Å². The first-order valence-corrected chi connectivity index (χ1v) is 11.6. The van der Waals surface area contributed by atoms with Crippen molar-refractivity contribution in [3.05, 3.63) is 29.8 Å². The number of amides is 3. The molecule has 1 aromatic rings. The number of nitrogens with one attached hydrogen (secondary N) is 1. The highest BCUT2D eigenvalue weighted by molar-refractivity contribution is 5.94. The fourth-order valence-electron chi connectivity index (χ4n) is 5.11. The van der Waals surface area contributed by atoms with Crippen LogP contribution in [0.15, 0.2) is 24.3 Å². The van der Waals surface area contributed by atoms with Crippen molar-refractivity contribution < 1.29 is 14.4 Å². The molecule has 0 bridgehead atoms. The SMILES string of the molecule is O=C(NCc1cccc(N2CCCCC2=O)c1)[C@@H]1CCCN1C(=O)C1CCCCC1. The molecule has 0 aromatic heterocycles. The van der Waals surface area contributed by atoms with Crippen molar-refractivity contribution in [3.8, 4) is 0 Å². The predicted molar refractivity (Wildman–Crippen MR) is 116 cm³/mol. The van der Waals surface area contributed by atoms with Gasteiger partial charge in [-0.05, 0) is 56.2 Å². The lowest BCUT2D eigenvalue weighted by molar-refractivity contribution is -0.142. The van der Waals surface area contributed by atoms with Crippen LogP contribution in [-0.2, 0) is 20.9 Å². The van der Waals surface area contributed by atoms with E-state index < -0.39 is 0 Å². The van der Waals surface area contributed by atoms with Crippen LogP contribution in [0.1, 0.15) is 69.8 Å². The summed E-state index contributed by atoms with van der Waals surface area (Å²) in [5.41, 5.74) is 1.88. The van der Waals surface area contributed by atoms with Gasteiger partial charge in [-0.3, -0.25) is 14.4 Å². The van der Waals surface area contributed by atoms with E-state index in [-0.39, 0.29) is 29.7 Å². The zero-order valence-corrected chi connectivity index (χ0v) is 17.8. The summed E-state index contributed by atoms with van der Waals surface area (Å²) in [6, 6.07) is 7.51. The van der Waals surface area contributed by atoms with Crippen LogP contribution < -0.4 is 10.2 Å². The second-order valence-electron chi connectivity index (χ2n) is 8.91. The van der Waals surface area contributed by atoms with Gasteiger partial charge in [0.15, 0.2) is 0 Å². The van der Waals surface area contributed by atoms with E-state index in [0.717, 1.165) is 69.2 Å². The topological polar surface area (TPSA) is 69.7 Å². The van der Waals surface area contributed by atoms with E-state index in [1.54, 1.807) is 0 Å². The largest absolute Gasteiger partial charge is 0.350 e. The highest BCUT2D eigenvalue weighted by Gasteiger charge is 2.37. The summed E-state index contributed by atoms with van der Waals surface area (Å²) in [5, 5.41) is 3.03. The summed E-state index contributed by atoms with van der Waals surface area (Å²) in [6.45, 7) is 1.87. The fraction of sp³-hybridized carbons (Fsp3) is 0.625. The molecule has 3 fully saturated rings. The van der Waals surface area contributed by atoms with E-state index in [0.29, 0.717) is 19.5 Å². The van der Waals surface area contributed by atoms with Crippen molar-refractivity contribution in [3.63, 3.8) is 0 Å². The van der Waals surface area contributed by atoms with Gasteiger partial charge in [0.2, 0.25) is 17.7 Å². The number of carbonyl (C=O) groups is 3. The summed E-state index contributed by atoms with van der Waals surface area (Å²) in [4.78, 5) is 41.7. The number of piperidine rings is 1. The van der Waals surface area contributed by atoms with Crippen LogP contribution in [0.4, 0.5) is 5.69 Å². The molecule has 3 amide bonds. The van der Waals surface area contributed by atoms with Crippen molar-refractivity contribution in [2.24, 2.45) is 5.92 Å². The standard InChI is InChI=1S/C24H33N3O3/c28-22-13-4-5-14-26(22)20-11-6-8-18(16-20)17-25-23(29)21-12-7-15-27(21)24(30)19-9-2-1-3-10-19/h6,8,11,16,19,21H,1-5,7,9-10,12-15,17H2,(H,25,29)/t21-/m0/s1. The first-order valence-electron chi connectivity index (χ1n) is 11.6. The number of anilines is 1. The smallest absolute Gasteiger partial charge is 0.243 e. The monoisotopic (exact) mass is 411 g/mol. The third kappa shape index (κ3) is 4.68. The zero-order valence-electron chi connectivity index (χ0n) is 17.8. The van der Waals surface area contributed by atoms with E-state index in [1.165, 1.54) is 6.42 Å². The van der Waals surface area contributed by atoms with Crippen molar-refractivity contribution in [2.75, 3.05) is 18.0 Å². The molecule has 1 aliphatic carbocycles. The number of likely N-dealkylation sites (tertiary alicyclic amines) is 1. The Labute approximate surface area is 179 Å². The Balaban J connectivity index is 1.35. The third-order valence-electron chi connectivity index (χ3n) is 6.81. The predicted octanol–water partition coefficient (Wildman–Crippen LogP) is 3.39. The second-order valence-corrected chi connectivity index (χ2v) is 8.91. The van der Waals surface area contributed by atoms with Gasteiger partial charge >= 0.3 is 0 Å². The molecule has 1 N–H and O–H groups in total. The average molecular weight is 412 g/mol. The molecule has 30 heavy (non-hydrogen) atoms. The van der Waals surface area contributed by atoms with Crippen LogP contribution in [0.25, 0.3) is 0 Å². The van der Waals surface area contributed by atoms with Crippen LogP contribution in [0.5, 0.6) is 0 Å². The second kappa shape index (κ2) is 9.63. The molecular formula is C24H33N3O3. The number of nitrogens with zero attached hydrogens (tertiary/aromatic N) is 2. The number of rotatable bonds is 5. The Hall–Kier alpha value is -2.37. The Morgan fingerprint density at radius 1 is 0.967 bits per heavy atom. The quantitative estimate of drug-likeness (QED) is 0.807. The highest BCUT2D eigenvalue weighted by atomic mass is 16.2. The number of hydrogen-bond acceptors (Lipinski definition) is 3. The van der Waals surface area contributed by atoms with E-state index in [4.69, 9.17) is 0 Å². The molecule has 3 aliphatic rings. The van der Waals surface area contributed by atoms with Gasteiger partial charge in [-0.15, -0.1) is 0 Å². The molecule has 2 heterocycles. The minimum atomic E-state index is -0.341. The van der Waals surface area contributed by atoms with Crippen molar-refractivity contribution in [1.82, 2.24) is 10.2 Å². The maximum absolute atomic E-state index is 12.9. The maximum atomic E-state index is 12.9. The molecule has 0 unspecified atom stereocenters. The first-order chi connectivity index (χ1) is 14.6. The van der Waals surface area contributed by atoms with E-state index in [9.17, 15) is 14.4 Å². The Morgan fingerprint density at radius 3 is 2.60 bits per heavy atom. The zero-order chi connectivity index (χ0) is 20.9. The Bertz CT molecular complexity index is 788.